The maximum absolute atomic E-state index is 11.9. The van der Waals surface area contributed by atoms with Gasteiger partial charge in [-0.1, -0.05) is 19.1 Å². The molecule has 0 spiro atoms. The van der Waals surface area contributed by atoms with Crippen LogP contribution in [-0.4, -0.2) is 25.2 Å². The molecule has 0 aromatic heterocycles. The van der Waals surface area contributed by atoms with E-state index < -0.39 is 15.8 Å². The molecular weight excluding hydrogens is 316 g/mol. The van der Waals surface area contributed by atoms with Crippen molar-refractivity contribution >= 4 is 15.8 Å². The Hall–Kier alpha value is -2.34. The SMILES string of the molecule is CCCS(=O)(=O)c1ccc(OCc2cccc(C(=O)O)c2)cc1. The molecule has 0 aliphatic carbocycles. The Morgan fingerprint density at radius 2 is 1.83 bits per heavy atom. The molecule has 122 valence electrons. The molecule has 0 radical (unpaired) electrons. The molecule has 0 atom stereocenters. The number of carbonyl (C=O) groups is 1. The summed E-state index contributed by atoms with van der Waals surface area (Å²) in [6, 6.07) is 12.7. The number of hydrogen-bond donors (Lipinski definition) is 1. The van der Waals surface area contributed by atoms with Crippen LogP contribution in [0.1, 0.15) is 29.3 Å². The molecule has 2 aromatic carbocycles. The molecule has 0 amide bonds. The zero-order valence-corrected chi connectivity index (χ0v) is 13.5. The Bertz CT molecular complexity index is 779. The quantitative estimate of drug-likeness (QED) is 0.841. The standard InChI is InChI=1S/C17H18O5S/c1-2-10-23(20,21)16-8-6-15(7-9-16)22-12-13-4-3-5-14(11-13)17(18)19/h3-9,11H,2,10,12H2,1H3,(H,18,19). The first kappa shape index (κ1) is 17.0. The molecule has 1 N–H and O–H groups in total. The van der Waals surface area contributed by atoms with Gasteiger partial charge in [0.25, 0.3) is 0 Å². The highest BCUT2D eigenvalue weighted by Crippen LogP contribution is 2.19. The van der Waals surface area contributed by atoms with Crippen LogP contribution in [0.25, 0.3) is 0 Å². The summed E-state index contributed by atoms with van der Waals surface area (Å²) in [5, 5.41) is 8.95. The molecule has 2 aromatic rings. The van der Waals surface area contributed by atoms with Gasteiger partial charge in [0.05, 0.1) is 16.2 Å². The maximum atomic E-state index is 11.9. The van der Waals surface area contributed by atoms with E-state index >= 15 is 0 Å². The van der Waals surface area contributed by atoms with E-state index in [2.05, 4.69) is 0 Å². The van der Waals surface area contributed by atoms with Gasteiger partial charge in [0, 0.05) is 0 Å². The second-order valence-corrected chi connectivity index (χ2v) is 7.19. The van der Waals surface area contributed by atoms with Gasteiger partial charge in [-0.15, -0.1) is 0 Å². The predicted molar refractivity (Wildman–Crippen MR) is 86.5 cm³/mol. The van der Waals surface area contributed by atoms with Gasteiger partial charge in [-0.05, 0) is 48.4 Å². The molecule has 6 heteroatoms. The highest BCUT2D eigenvalue weighted by atomic mass is 32.2. The fourth-order valence-corrected chi connectivity index (χ4v) is 3.41. The number of sulfone groups is 1. The molecule has 23 heavy (non-hydrogen) atoms. The van der Waals surface area contributed by atoms with Crippen LogP contribution in [0.5, 0.6) is 5.75 Å². The second kappa shape index (κ2) is 7.28. The summed E-state index contributed by atoms with van der Waals surface area (Å²) < 4.78 is 29.4. The average Bonchev–Trinajstić information content (AvgIpc) is 2.53. The van der Waals surface area contributed by atoms with E-state index in [0.29, 0.717) is 12.2 Å². The number of carboxylic acids is 1. The molecule has 0 saturated carbocycles. The lowest BCUT2D eigenvalue weighted by Crippen LogP contribution is -2.05. The Kier molecular flexibility index (Phi) is 5.39. The van der Waals surface area contributed by atoms with Crippen LogP contribution in [-0.2, 0) is 16.4 Å². The summed E-state index contributed by atoms with van der Waals surface area (Å²) in [6.07, 6.45) is 0.570. The van der Waals surface area contributed by atoms with Gasteiger partial charge in [0.15, 0.2) is 9.84 Å². The Labute approximate surface area is 135 Å². The molecular formula is C17H18O5S. The Morgan fingerprint density at radius 1 is 1.13 bits per heavy atom. The van der Waals surface area contributed by atoms with Gasteiger partial charge in [-0.3, -0.25) is 0 Å². The fraction of sp³-hybridized carbons (Fsp3) is 0.235. The van der Waals surface area contributed by atoms with Crippen molar-refractivity contribution in [2.75, 3.05) is 5.75 Å². The van der Waals surface area contributed by atoms with Crippen LogP contribution in [0.2, 0.25) is 0 Å². The maximum Gasteiger partial charge on any atom is 0.335 e. The van der Waals surface area contributed by atoms with Gasteiger partial charge in [-0.25, -0.2) is 13.2 Å². The Morgan fingerprint density at radius 3 is 2.43 bits per heavy atom. The summed E-state index contributed by atoms with van der Waals surface area (Å²) in [7, 11) is -3.23. The zero-order chi connectivity index (χ0) is 16.9. The van der Waals surface area contributed by atoms with Gasteiger partial charge >= 0.3 is 5.97 Å². The van der Waals surface area contributed by atoms with E-state index in [0.717, 1.165) is 5.56 Å². The van der Waals surface area contributed by atoms with Crippen LogP contribution < -0.4 is 4.74 Å². The van der Waals surface area contributed by atoms with Crippen molar-refractivity contribution < 1.29 is 23.1 Å². The van der Waals surface area contributed by atoms with Crippen molar-refractivity contribution in [1.29, 1.82) is 0 Å². The van der Waals surface area contributed by atoms with Crippen LogP contribution in [0.15, 0.2) is 53.4 Å². The first-order valence-electron chi connectivity index (χ1n) is 7.20. The van der Waals surface area contributed by atoms with Gasteiger partial charge in [-0.2, -0.15) is 0 Å². The third kappa shape index (κ3) is 4.56. The summed E-state index contributed by atoms with van der Waals surface area (Å²) >= 11 is 0. The normalized spacial score (nSPS) is 11.2. The van der Waals surface area contributed by atoms with Gasteiger partial charge < -0.3 is 9.84 Å². The molecule has 5 nitrogen and oxygen atoms in total. The lowest BCUT2D eigenvalue weighted by molar-refractivity contribution is 0.0696. The Balaban J connectivity index is 2.05. The van der Waals surface area contributed by atoms with Crippen molar-refractivity contribution in [3.63, 3.8) is 0 Å². The zero-order valence-electron chi connectivity index (χ0n) is 12.7. The molecule has 0 fully saturated rings. The van der Waals surface area contributed by atoms with E-state index in [4.69, 9.17) is 9.84 Å². The van der Waals surface area contributed by atoms with Crippen molar-refractivity contribution in [3.05, 3.63) is 59.7 Å². The van der Waals surface area contributed by atoms with E-state index in [1.54, 1.807) is 30.3 Å². The molecule has 0 heterocycles. The monoisotopic (exact) mass is 334 g/mol. The molecule has 0 aliphatic heterocycles. The van der Waals surface area contributed by atoms with Crippen LogP contribution in [0, 0.1) is 0 Å². The van der Waals surface area contributed by atoms with Crippen LogP contribution >= 0.6 is 0 Å². The minimum atomic E-state index is -3.23. The van der Waals surface area contributed by atoms with Crippen LogP contribution in [0.3, 0.4) is 0 Å². The van der Waals surface area contributed by atoms with Crippen LogP contribution in [0.4, 0.5) is 0 Å². The number of hydrogen-bond acceptors (Lipinski definition) is 4. The molecule has 0 unspecified atom stereocenters. The van der Waals surface area contributed by atoms with E-state index in [1.165, 1.54) is 18.2 Å². The third-order valence-electron chi connectivity index (χ3n) is 3.24. The largest absolute Gasteiger partial charge is 0.489 e. The summed E-state index contributed by atoms with van der Waals surface area (Å²) in [4.78, 5) is 11.2. The first-order chi connectivity index (χ1) is 10.9. The number of carboxylic acid groups (broad SMARTS) is 1. The number of ether oxygens (including phenoxy) is 1. The number of rotatable bonds is 7. The molecule has 0 aliphatic rings. The topological polar surface area (TPSA) is 80.7 Å². The second-order valence-electron chi connectivity index (χ2n) is 5.08. The smallest absolute Gasteiger partial charge is 0.335 e. The average molecular weight is 334 g/mol. The number of aromatic carboxylic acids is 1. The number of benzene rings is 2. The highest BCUT2D eigenvalue weighted by Gasteiger charge is 2.12. The van der Waals surface area contributed by atoms with Gasteiger partial charge in [0.1, 0.15) is 12.4 Å². The third-order valence-corrected chi connectivity index (χ3v) is 5.17. The summed E-state index contributed by atoms with van der Waals surface area (Å²) in [5.41, 5.74) is 0.930. The lowest BCUT2D eigenvalue weighted by Gasteiger charge is -2.08. The first-order valence-corrected chi connectivity index (χ1v) is 8.85. The van der Waals surface area contributed by atoms with E-state index in [-0.39, 0.29) is 22.8 Å². The van der Waals surface area contributed by atoms with Crippen molar-refractivity contribution in [2.45, 2.75) is 24.8 Å². The van der Waals surface area contributed by atoms with E-state index in [9.17, 15) is 13.2 Å². The predicted octanol–water partition coefficient (Wildman–Crippen LogP) is 3.15. The highest BCUT2D eigenvalue weighted by molar-refractivity contribution is 7.91. The molecule has 2 rings (SSSR count). The lowest BCUT2D eigenvalue weighted by atomic mass is 10.1. The van der Waals surface area contributed by atoms with E-state index in [1.807, 2.05) is 6.92 Å². The van der Waals surface area contributed by atoms with Crippen molar-refractivity contribution in [2.24, 2.45) is 0 Å². The van der Waals surface area contributed by atoms with Crippen molar-refractivity contribution in [1.82, 2.24) is 0 Å². The molecule has 0 saturated heterocycles. The minimum Gasteiger partial charge on any atom is -0.489 e. The summed E-state index contributed by atoms with van der Waals surface area (Å²) in [5.74, 6) is -0.339. The minimum absolute atomic E-state index is 0.120. The summed E-state index contributed by atoms with van der Waals surface area (Å²) in [6.45, 7) is 2.03. The van der Waals surface area contributed by atoms with Crippen molar-refractivity contribution in [3.8, 4) is 5.75 Å². The molecule has 0 bridgehead atoms. The van der Waals surface area contributed by atoms with Gasteiger partial charge in [0.2, 0.25) is 0 Å². The fourth-order valence-electron chi connectivity index (χ4n) is 2.09.